The number of hydrogen-bond acceptors (Lipinski definition) is 4. The Morgan fingerprint density at radius 2 is 2.09 bits per heavy atom. The zero-order valence-electron chi connectivity index (χ0n) is 12.5. The van der Waals surface area contributed by atoms with Crippen molar-refractivity contribution in [2.45, 2.75) is 12.5 Å². The van der Waals surface area contributed by atoms with Gasteiger partial charge in [0.2, 0.25) is 0 Å². The molecule has 0 aliphatic heterocycles. The highest BCUT2D eigenvalue weighted by Crippen LogP contribution is 2.24. The van der Waals surface area contributed by atoms with E-state index in [0.29, 0.717) is 10.8 Å². The maximum Gasteiger partial charge on any atom is 0.267 e. The minimum absolute atomic E-state index is 0.0567. The van der Waals surface area contributed by atoms with Gasteiger partial charge in [0.1, 0.15) is 11.3 Å². The largest absolute Gasteiger partial charge is 0.383 e. The van der Waals surface area contributed by atoms with Crippen LogP contribution in [0.5, 0.6) is 0 Å². The Bertz CT molecular complexity index is 898. The van der Waals surface area contributed by atoms with Crippen LogP contribution in [0.25, 0.3) is 10.8 Å². The van der Waals surface area contributed by atoms with Crippen molar-refractivity contribution in [1.82, 2.24) is 10.3 Å². The van der Waals surface area contributed by atoms with Crippen LogP contribution in [0.4, 0.5) is 0 Å². The number of benzene rings is 1. The van der Waals surface area contributed by atoms with Crippen molar-refractivity contribution in [3.05, 3.63) is 68.8 Å². The zero-order chi connectivity index (χ0) is 16.4. The maximum absolute atomic E-state index is 12.3. The number of H-pyrrole nitrogens is 1. The number of fused-ring (bicyclic) bond motifs is 1. The molecule has 0 radical (unpaired) electrons. The fourth-order valence-corrected chi connectivity index (χ4v) is 3.14. The van der Waals surface area contributed by atoms with E-state index in [4.69, 9.17) is 0 Å². The Morgan fingerprint density at radius 1 is 1.30 bits per heavy atom. The van der Waals surface area contributed by atoms with E-state index in [1.807, 2.05) is 23.6 Å². The molecule has 0 aliphatic rings. The Labute approximate surface area is 136 Å². The highest BCUT2D eigenvalue weighted by atomic mass is 32.1. The summed E-state index contributed by atoms with van der Waals surface area (Å²) in [6.07, 6.45) is 0. The quantitative estimate of drug-likeness (QED) is 0.687. The summed E-state index contributed by atoms with van der Waals surface area (Å²) in [6, 6.07) is 12.4. The SMILES string of the molecule is CC(O)(CNC(=O)c1cc2ccccc2c(=O)[nH]1)c1cccs1. The smallest absolute Gasteiger partial charge is 0.267 e. The molecule has 1 aromatic carbocycles. The Hall–Kier alpha value is -2.44. The van der Waals surface area contributed by atoms with E-state index in [2.05, 4.69) is 10.3 Å². The second-order valence-electron chi connectivity index (χ2n) is 5.53. The number of amides is 1. The van der Waals surface area contributed by atoms with Crippen molar-refractivity contribution in [3.8, 4) is 0 Å². The molecule has 23 heavy (non-hydrogen) atoms. The minimum Gasteiger partial charge on any atom is -0.383 e. The number of carbonyl (C=O) groups excluding carboxylic acids is 1. The van der Waals surface area contributed by atoms with Crippen molar-refractivity contribution in [3.63, 3.8) is 0 Å². The van der Waals surface area contributed by atoms with E-state index >= 15 is 0 Å². The standard InChI is InChI=1S/C17H16N2O3S/c1-17(22,14-7-4-8-23-14)10-18-16(21)13-9-11-5-2-3-6-12(11)15(20)19-13/h2-9,22H,10H2,1H3,(H,18,21)(H,19,20). The molecule has 3 rings (SSSR count). The summed E-state index contributed by atoms with van der Waals surface area (Å²) >= 11 is 1.42. The number of nitrogens with one attached hydrogen (secondary N) is 2. The minimum atomic E-state index is -1.15. The van der Waals surface area contributed by atoms with Crippen molar-refractivity contribution in [1.29, 1.82) is 0 Å². The predicted molar refractivity (Wildman–Crippen MR) is 90.8 cm³/mol. The first kappa shape index (κ1) is 15.5. The molecule has 6 heteroatoms. The van der Waals surface area contributed by atoms with Crippen molar-refractivity contribution in [2.75, 3.05) is 6.54 Å². The highest BCUT2D eigenvalue weighted by Gasteiger charge is 2.25. The summed E-state index contributed by atoms with van der Waals surface area (Å²) in [5.74, 6) is -0.426. The lowest BCUT2D eigenvalue weighted by Gasteiger charge is -2.22. The molecule has 1 amide bonds. The molecule has 118 valence electrons. The molecule has 0 fully saturated rings. The van der Waals surface area contributed by atoms with E-state index in [0.717, 1.165) is 4.88 Å². The van der Waals surface area contributed by atoms with Crippen LogP contribution >= 0.6 is 11.3 Å². The van der Waals surface area contributed by atoms with Crippen LogP contribution in [0.15, 0.2) is 52.6 Å². The monoisotopic (exact) mass is 328 g/mol. The molecule has 0 spiro atoms. The van der Waals surface area contributed by atoms with Gasteiger partial charge in [0.05, 0.1) is 6.54 Å². The van der Waals surface area contributed by atoms with Crippen molar-refractivity contribution >= 4 is 28.0 Å². The fourth-order valence-electron chi connectivity index (χ4n) is 2.35. The van der Waals surface area contributed by atoms with E-state index in [9.17, 15) is 14.7 Å². The average Bonchev–Trinajstić information content (AvgIpc) is 3.08. The molecule has 0 saturated heterocycles. The van der Waals surface area contributed by atoms with E-state index < -0.39 is 11.5 Å². The average molecular weight is 328 g/mol. The predicted octanol–water partition coefficient (Wildman–Crippen LogP) is 2.23. The molecule has 3 N–H and O–H groups in total. The molecular formula is C17H16N2O3S. The molecule has 1 atom stereocenters. The first-order valence-corrected chi connectivity index (χ1v) is 8.02. The van der Waals surface area contributed by atoms with E-state index in [-0.39, 0.29) is 17.8 Å². The molecule has 0 bridgehead atoms. The first-order valence-electron chi connectivity index (χ1n) is 7.14. The Morgan fingerprint density at radius 3 is 2.83 bits per heavy atom. The van der Waals surface area contributed by atoms with Crippen LogP contribution in [0.3, 0.4) is 0 Å². The third kappa shape index (κ3) is 3.18. The lowest BCUT2D eigenvalue weighted by Crippen LogP contribution is -2.38. The van der Waals surface area contributed by atoms with Gasteiger partial charge in [-0.25, -0.2) is 0 Å². The van der Waals surface area contributed by atoms with Gasteiger partial charge in [-0.05, 0) is 35.9 Å². The van der Waals surface area contributed by atoms with Crippen LogP contribution in [-0.2, 0) is 5.60 Å². The van der Waals surface area contributed by atoms with Gasteiger partial charge in [-0.15, -0.1) is 11.3 Å². The van der Waals surface area contributed by atoms with Gasteiger partial charge in [0, 0.05) is 10.3 Å². The van der Waals surface area contributed by atoms with Gasteiger partial charge in [-0.1, -0.05) is 24.3 Å². The Kier molecular flexibility index (Phi) is 4.02. The second-order valence-corrected chi connectivity index (χ2v) is 6.48. The van der Waals surface area contributed by atoms with Gasteiger partial charge >= 0.3 is 0 Å². The Balaban J connectivity index is 1.80. The number of carbonyl (C=O) groups is 1. The van der Waals surface area contributed by atoms with Crippen LogP contribution in [-0.4, -0.2) is 22.5 Å². The number of aromatic nitrogens is 1. The third-order valence-electron chi connectivity index (χ3n) is 3.64. The molecule has 3 aromatic rings. The molecule has 1 unspecified atom stereocenters. The molecule has 0 saturated carbocycles. The van der Waals surface area contributed by atoms with Crippen molar-refractivity contribution < 1.29 is 9.90 Å². The number of pyridine rings is 1. The number of aromatic amines is 1. The molecule has 2 aromatic heterocycles. The normalized spacial score (nSPS) is 13.7. The number of thiophene rings is 1. The van der Waals surface area contributed by atoms with Crippen LogP contribution < -0.4 is 10.9 Å². The van der Waals surface area contributed by atoms with E-state index in [1.54, 1.807) is 31.2 Å². The summed E-state index contributed by atoms with van der Waals surface area (Å²) in [6.45, 7) is 1.70. The number of hydrogen-bond donors (Lipinski definition) is 3. The summed E-state index contributed by atoms with van der Waals surface area (Å²) in [4.78, 5) is 27.6. The lowest BCUT2D eigenvalue weighted by molar-refractivity contribution is 0.0555. The fraction of sp³-hybridized carbons (Fsp3) is 0.176. The summed E-state index contributed by atoms with van der Waals surface area (Å²) in [5, 5.41) is 16.2. The molecule has 0 aliphatic carbocycles. The zero-order valence-corrected chi connectivity index (χ0v) is 13.3. The summed E-state index contributed by atoms with van der Waals surface area (Å²) in [5.41, 5.74) is -1.28. The van der Waals surface area contributed by atoms with Crippen molar-refractivity contribution in [2.24, 2.45) is 0 Å². The van der Waals surface area contributed by atoms with Gasteiger partial charge in [0.25, 0.3) is 11.5 Å². The van der Waals surface area contributed by atoms with Gasteiger partial charge in [0.15, 0.2) is 0 Å². The molecular weight excluding hydrogens is 312 g/mol. The van der Waals surface area contributed by atoms with Gasteiger partial charge in [-0.2, -0.15) is 0 Å². The summed E-state index contributed by atoms with van der Waals surface area (Å²) < 4.78 is 0. The third-order valence-corrected chi connectivity index (χ3v) is 4.77. The van der Waals surface area contributed by atoms with Crippen LogP contribution in [0.1, 0.15) is 22.3 Å². The molecule has 5 nitrogen and oxygen atoms in total. The van der Waals surface area contributed by atoms with Crippen LogP contribution in [0, 0.1) is 0 Å². The lowest BCUT2D eigenvalue weighted by atomic mass is 10.1. The van der Waals surface area contributed by atoms with E-state index in [1.165, 1.54) is 11.3 Å². The van der Waals surface area contributed by atoms with Crippen LogP contribution in [0.2, 0.25) is 0 Å². The maximum atomic E-state index is 12.3. The number of rotatable bonds is 4. The van der Waals surface area contributed by atoms with Gasteiger partial charge < -0.3 is 15.4 Å². The number of aliphatic hydroxyl groups is 1. The first-order chi connectivity index (χ1) is 11.0. The summed E-state index contributed by atoms with van der Waals surface area (Å²) in [7, 11) is 0. The molecule has 2 heterocycles. The second kappa shape index (κ2) is 5.98. The highest BCUT2D eigenvalue weighted by molar-refractivity contribution is 7.10. The van der Waals surface area contributed by atoms with Gasteiger partial charge in [-0.3, -0.25) is 9.59 Å². The topological polar surface area (TPSA) is 82.2 Å².